The highest BCUT2D eigenvalue weighted by Crippen LogP contribution is 2.72. The Hall–Kier alpha value is -0.760. The molecule has 1 unspecified atom stereocenters. The van der Waals surface area contributed by atoms with E-state index < -0.39 is 35.1 Å². The fourth-order valence-corrected chi connectivity index (χ4v) is 4.59. The standard InChI is InChI=1S/C17H24F6O2/c1-4-10-24-12(3)25-15(16(18,19)20,17(21,22)23)14-8-6-13(5-2,11-14)7-9-14/h5,12H,2,4,6-11H2,1,3H3. The Morgan fingerprint density at radius 3 is 1.92 bits per heavy atom. The molecule has 0 saturated heterocycles. The van der Waals surface area contributed by atoms with Crippen LogP contribution in [0.3, 0.4) is 0 Å². The van der Waals surface area contributed by atoms with Crippen molar-refractivity contribution in [1.29, 1.82) is 0 Å². The number of rotatable bonds is 7. The van der Waals surface area contributed by atoms with Gasteiger partial charge < -0.3 is 9.47 Å². The van der Waals surface area contributed by atoms with Crippen molar-refractivity contribution in [1.82, 2.24) is 0 Å². The van der Waals surface area contributed by atoms with Gasteiger partial charge >= 0.3 is 12.4 Å². The van der Waals surface area contributed by atoms with Gasteiger partial charge in [-0.1, -0.05) is 13.0 Å². The van der Waals surface area contributed by atoms with E-state index in [2.05, 4.69) is 6.58 Å². The zero-order valence-electron chi connectivity index (χ0n) is 14.4. The molecule has 0 spiro atoms. The van der Waals surface area contributed by atoms with Gasteiger partial charge in [-0.15, -0.1) is 6.58 Å². The van der Waals surface area contributed by atoms with Crippen LogP contribution >= 0.6 is 0 Å². The predicted molar refractivity (Wildman–Crippen MR) is 79.8 cm³/mol. The smallest absolute Gasteiger partial charge is 0.353 e. The highest BCUT2D eigenvalue weighted by molar-refractivity contribution is 5.21. The van der Waals surface area contributed by atoms with Crippen molar-refractivity contribution in [2.75, 3.05) is 6.61 Å². The average Bonchev–Trinajstić information content (AvgIpc) is 3.06. The molecule has 8 heteroatoms. The zero-order valence-corrected chi connectivity index (χ0v) is 14.4. The van der Waals surface area contributed by atoms with Gasteiger partial charge in [-0.2, -0.15) is 26.3 Å². The van der Waals surface area contributed by atoms with Crippen LogP contribution in [0.2, 0.25) is 0 Å². The lowest BCUT2D eigenvalue weighted by atomic mass is 9.68. The third-order valence-corrected chi connectivity index (χ3v) is 5.77. The van der Waals surface area contributed by atoms with Gasteiger partial charge in [-0.05, 0) is 50.9 Å². The quantitative estimate of drug-likeness (QED) is 0.320. The number of allylic oxidation sites excluding steroid dienone is 1. The largest absolute Gasteiger partial charge is 0.427 e. The van der Waals surface area contributed by atoms with Gasteiger partial charge in [-0.3, -0.25) is 0 Å². The maximum Gasteiger partial charge on any atom is 0.427 e. The number of hydrogen-bond donors (Lipinski definition) is 0. The summed E-state index contributed by atoms with van der Waals surface area (Å²) < 4.78 is 93.5. The van der Waals surface area contributed by atoms with Gasteiger partial charge in [0.2, 0.25) is 0 Å². The van der Waals surface area contributed by atoms with E-state index in [0.29, 0.717) is 6.42 Å². The van der Waals surface area contributed by atoms with Crippen molar-refractivity contribution in [3.8, 4) is 0 Å². The molecule has 2 fully saturated rings. The van der Waals surface area contributed by atoms with Crippen LogP contribution < -0.4 is 0 Å². The Kier molecular flexibility index (Phi) is 5.30. The number of ether oxygens (including phenoxy) is 2. The summed E-state index contributed by atoms with van der Waals surface area (Å²) in [6.07, 6.45) is -10.9. The fraction of sp³-hybridized carbons (Fsp3) is 0.882. The molecule has 2 bridgehead atoms. The van der Waals surface area contributed by atoms with Gasteiger partial charge in [0.05, 0.1) is 0 Å². The molecule has 0 aromatic carbocycles. The van der Waals surface area contributed by atoms with Crippen LogP contribution in [0.5, 0.6) is 0 Å². The van der Waals surface area contributed by atoms with Crippen LogP contribution in [0.25, 0.3) is 0 Å². The van der Waals surface area contributed by atoms with E-state index in [9.17, 15) is 26.3 Å². The Bertz CT molecular complexity index is 474. The molecule has 0 aliphatic heterocycles. The second kappa shape index (κ2) is 6.44. The molecule has 2 saturated carbocycles. The fourth-order valence-electron chi connectivity index (χ4n) is 4.59. The maximum atomic E-state index is 14.0. The van der Waals surface area contributed by atoms with E-state index in [0.717, 1.165) is 6.92 Å². The second-order valence-corrected chi connectivity index (χ2v) is 7.26. The van der Waals surface area contributed by atoms with E-state index in [-0.39, 0.29) is 38.7 Å². The Balaban J connectivity index is 2.51. The highest BCUT2D eigenvalue weighted by atomic mass is 19.4. The summed E-state index contributed by atoms with van der Waals surface area (Å²) >= 11 is 0. The summed E-state index contributed by atoms with van der Waals surface area (Å²) in [4.78, 5) is 0. The minimum Gasteiger partial charge on any atom is -0.353 e. The predicted octanol–water partition coefficient (Wildman–Crippen LogP) is 5.78. The van der Waals surface area contributed by atoms with Crippen LogP contribution in [-0.4, -0.2) is 30.9 Å². The van der Waals surface area contributed by atoms with Gasteiger partial charge in [0.1, 0.15) is 0 Å². The van der Waals surface area contributed by atoms with E-state index in [1.165, 1.54) is 6.08 Å². The first kappa shape index (κ1) is 20.6. The second-order valence-electron chi connectivity index (χ2n) is 7.26. The van der Waals surface area contributed by atoms with Crippen molar-refractivity contribution >= 4 is 0 Å². The first-order valence-electron chi connectivity index (χ1n) is 8.45. The lowest BCUT2D eigenvalue weighted by Gasteiger charge is -2.49. The molecular formula is C17H24F6O2. The SMILES string of the molecule is C=CC12CCC(C(OC(C)OCCC)(C(F)(F)F)C(F)(F)F)(CC1)C2. The molecule has 0 radical (unpaired) electrons. The monoisotopic (exact) mass is 374 g/mol. The first-order valence-corrected chi connectivity index (χ1v) is 8.45. The summed E-state index contributed by atoms with van der Waals surface area (Å²) in [5.74, 6) is 0. The molecule has 146 valence electrons. The molecule has 1 atom stereocenters. The topological polar surface area (TPSA) is 18.5 Å². The third-order valence-electron chi connectivity index (χ3n) is 5.77. The number of halogens is 6. The van der Waals surface area contributed by atoms with Crippen LogP contribution in [0.15, 0.2) is 12.7 Å². The molecule has 25 heavy (non-hydrogen) atoms. The summed E-state index contributed by atoms with van der Waals surface area (Å²) in [6.45, 7) is 6.44. The van der Waals surface area contributed by atoms with E-state index in [1.807, 2.05) is 0 Å². The van der Waals surface area contributed by atoms with Crippen molar-refractivity contribution in [2.24, 2.45) is 10.8 Å². The Morgan fingerprint density at radius 2 is 1.56 bits per heavy atom. The maximum absolute atomic E-state index is 14.0. The Morgan fingerprint density at radius 1 is 1.04 bits per heavy atom. The molecule has 2 rings (SSSR count). The first-order chi connectivity index (χ1) is 11.4. The molecule has 2 aliphatic carbocycles. The molecule has 0 aromatic heterocycles. The minimum atomic E-state index is -5.60. The minimum absolute atomic E-state index is 0.0244. The summed E-state index contributed by atoms with van der Waals surface area (Å²) in [7, 11) is 0. The normalized spacial score (nSPS) is 31.4. The molecule has 0 heterocycles. The molecule has 2 nitrogen and oxygen atoms in total. The van der Waals surface area contributed by atoms with E-state index in [4.69, 9.17) is 9.47 Å². The molecule has 0 aromatic rings. The lowest BCUT2D eigenvalue weighted by molar-refractivity contribution is -0.438. The van der Waals surface area contributed by atoms with Crippen LogP contribution in [0, 0.1) is 10.8 Å². The molecule has 0 amide bonds. The van der Waals surface area contributed by atoms with Crippen LogP contribution in [0.4, 0.5) is 26.3 Å². The van der Waals surface area contributed by atoms with Crippen molar-refractivity contribution < 1.29 is 35.8 Å². The molecule has 0 N–H and O–H groups in total. The zero-order chi connectivity index (χ0) is 19.1. The van der Waals surface area contributed by atoms with Crippen molar-refractivity contribution in [3.63, 3.8) is 0 Å². The van der Waals surface area contributed by atoms with Crippen molar-refractivity contribution in [2.45, 2.75) is 76.6 Å². The number of alkyl halides is 6. The lowest BCUT2D eigenvalue weighted by Crippen LogP contribution is -2.68. The summed E-state index contributed by atoms with van der Waals surface area (Å²) in [6, 6.07) is 0. The molecule has 2 aliphatic rings. The van der Waals surface area contributed by atoms with Crippen LogP contribution in [-0.2, 0) is 9.47 Å². The van der Waals surface area contributed by atoms with E-state index in [1.54, 1.807) is 6.92 Å². The summed E-state index contributed by atoms with van der Waals surface area (Å²) in [5, 5.41) is 0. The van der Waals surface area contributed by atoms with Gasteiger partial charge in [-0.25, -0.2) is 0 Å². The Labute approximate surface area is 143 Å². The number of fused-ring (bicyclic) bond motifs is 2. The highest BCUT2D eigenvalue weighted by Gasteiger charge is 2.83. The summed E-state index contributed by atoms with van der Waals surface area (Å²) in [5.41, 5.74) is -6.94. The van der Waals surface area contributed by atoms with Gasteiger partial charge in [0.25, 0.3) is 5.60 Å². The molecular weight excluding hydrogens is 350 g/mol. The van der Waals surface area contributed by atoms with Crippen LogP contribution in [0.1, 0.15) is 52.4 Å². The number of hydrogen-bond acceptors (Lipinski definition) is 2. The van der Waals surface area contributed by atoms with E-state index >= 15 is 0 Å². The third kappa shape index (κ3) is 3.09. The van der Waals surface area contributed by atoms with Gasteiger partial charge in [0.15, 0.2) is 6.29 Å². The average molecular weight is 374 g/mol. The van der Waals surface area contributed by atoms with Crippen molar-refractivity contribution in [3.05, 3.63) is 12.7 Å². The van der Waals surface area contributed by atoms with Gasteiger partial charge in [0, 0.05) is 12.0 Å².